The molecule has 0 bridgehead atoms. The molecule has 0 saturated carbocycles. The molecular weight excluding hydrogens is 258 g/mol. The number of allylic oxidation sites excluding steroid dienone is 1. The Bertz CT molecular complexity index is 735. The van der Waals surface area contributed by atoms with Gasteiger partial charge >= 0.3 is 0 Å². The Labute approximate surface area is 125 Å². The third kappa shape index (κ3) is 2.18. The molecule has 1 aromatic carbocycles. The first-order valence-electron chi connectivity index (χ1n) is 7.55. The Kier molecular flexibility index (Phi) is 2.89. The Hall–Kier alpha value is -2.00. The number of aliphatic imine (C=N–C) groups is 2. The van der Waals surface area contributed by atoms with Crippen LogP contribution < -0.4 is 0 Å². The average Bonchev–Trinajstić information content (AvgIpc) is 2.90. The van der Waals surface area contributed by atoms with Gasteiger partial charge in [0.15, 0.2) is 5.84 Å². The van der Waals surface area contributed by atoms with E-state index in [1.54, 1.807) is 0 Å². The molecule has 0 fully saturated rings. The molecule has 3 aliphatic rings. The summed E-state index contributed by atoms with van der Waals surface area (Å²) in [7, 11) is 2.19. The predicted octanol–water partition coefficient (Wildman–Crippen LogP) is 3.14. The zero-order valence-corrected chi connectivity index (χ0v) is 12.6. The van der Waals surface area contributed by atoms with Gasteiger partial charge in [-0.25, -0.2) is 9.98 Å². The van der Waals surface area contributed by atoms with E-state index >= 15 is 0 Å². The van der Waals surface area contributed by atoms with Crippen LogP contribution in [0.2, 0.25) is 0 Å². The maximum absolute atomic E-state index is 4.69. The molecule has 1 aromatic rings. The number of rotatable bonds is 1. The van der Waals surface area contributed by atoms with Gasteiger partial charge in [0.1, 0.15) is 0 Å². The molecule has 0 spiro atoms. The minimum Gasteiger partial charge on any atom is -0.302 e. The normalized spacial score (nSPS) is 20.6. The number of amidine groups is 1. The summed E-state index contributed by atoms with van der Waals surface area (Å²) < 4.78 is 0. The van der Waals surface area contributed by atoms with E-state index < -0.39 is 0 Å². The van der Waals surface area contributed by atoms with Crippen molar-refractivity contribution in [1.29, 1.82) is 0 Å². The maximum atomic E-state index is 4.69. The van der Waals surface area contributed by atoms with Gasteiger partial charge < -0.3 is 4.90 Å². The van der Waals surface area contributed by atoms with E-state index in [0.717, 1.165) is 37.5 Å². The minimum atomic E-state index is 0.865. The lowest BCUT2D eigenvalue weighted by molar-refractivity contribution is 0.312. The van der Waals surface area contributed by atoms with E-state index in [1.165, 1.54) is 27.8 Å². The fraction of sp³-hybridized carbons (Fsp3) is 0.333. The number of aryl methyl sites for hydroxylation is 1. The van der Waals surface area contributed by atoms with Crippen molar-refractivity contribution in [2.75, 3.05) is 13.6 Å². The van der Waals surface area contributed by atoms with Crippen molar-refractivity contribution < 1.29 is 0 Å². The summed E-state index contributed by atoms with van der Waals surface area (Å²) >= 11 is 0. The largest absolute Gasteiger partial charge is 0.302 e. The van der Waals surface area contributed by atoms with Gasteiger partial charge in [-0.1, -0.05) is 6.08 Å². The fourth-order valence-corrected chi connectivity index (χ4v) is 3.35. The number of likely N-dealkylation sites (N-methyl/N-ethyl adjacent to an activating group) is 1. The molecule has 0 aliphatic carbocycles. The standard InChI is InChI=1S/C18H19N3/c1-12-8-14(9-15-11-21(2)7-5-16(12)15)17-10-13-4-3-6-19-18(13)20-17/h4,6,8-10H,3,5,7,11H2,1-2H3. The van der Waals surface area contributed by atoms with Crippen LogP contribution in [0.15, 0.2) is 39.8 Å². The Morgan fingerprint density at radius 3 is 3.00 bits per heavy atom. The average molecular weight is 277 g/mol. The van der Waals surface area contributed by atoms with Crippen LogP contribution in [0.1, 0.15) is 28.7 Å². The van der Waals surface area contributed by atoms with E-state index in [9.17, 15) is 0 Å². The van der Waals surface area contributed by atoms with Crippen LogP contribution in [-0.4, -0.2) is 30.5 Å². The zero-order chi connectivity index (χ0) is 14.4. The molecule has 3 aliphatic heterocycles. The highest BCUT2D eigenvalue weighted by Gasteiger charge is 2.20. The summed E-state index contributed by atoms with van der Waals surface area (Å²) in [5, 5.41) is 0. The fourth-order valence-electron chi connectivity index (χ4n) is 3.35. The summed E-state index contributed by atoms with van der Waals surface area (Å²) in [6.07, 6.45) is 8.34. The SMILES string of the molecule is Cc1cc(C2=CC3=CCC=NC3=N2)cc2c1CCN(C)C2. The molecular formula is C18H19N3. The second kappa shape index (κ2) is 4.78. The maximum Gasteiger partial charge on any atom is 0.159 e. The molecule has 0 atom stereocenters. The van der Waals surface area contributed by atoms with E-state index in [2.05, 4.69) is 53.1 Å². The molecule has 0 N–H and O–H groups in total. The van der Waals surface area contributed by atoms with Crippen molar-refractivity contribution in [2.24, 2.45) is 9.98 Å². The smallest absolute Gasteiger partial charge is 0.159 e. The molecule has 3 heterocycles. The van der Waals surface area contributed by atoms with Gasteiger partial charge in [0.25, 0.3) is 0 Å². The highest BCUT2D eigenvalue weighted by molar-refractivity contribution is 6.13. The van der Waals surface area contributed by atoms with Crippen molar-refractivity contribution in [3.05, 3.63) is 52.1 Å². The molecule has 3 heteroatoms. The van der Waals surface area contributed by atoms with Gasteiger partial charge in [0.2, 0.25) is 0 Å². The second-order valence-corrected chi connectivity index (χ2v) is 6.09. The van der Waals surface area contributed by atoms with Gasteiger partial charge in [0.05, 0.1) is 5.70 Å². The molecule has 0 aromatic heterocycles. The van der Waals surface area contributed by atoms with Crippen molar-refractivity contribution in [3.8, 4) is 0 Å². The Morgan fingerprint density at radius 1 is 1.24 bits per heavy atom. The number of dihydropyridines is 1. The third-order valence-electron chi connectivity index (χ3n) is 4.48. The lowest BCUT2D eigenvalue weighted by Crippen LogP contribution is -2.27. The number of fused-ring (bicyclic) bond motifs is 2. The van der Waals surface area contributed by atoms with E-state index in [0.29, 0.717) is 0 Å². The molecule has 0 saturated heterocycles. The van der Waals surface area contributed by atoms with Gasteiger partial charge in [0, 0.05) is 36.9 Å². The van der Waals surface area contributed by atoms with Crippen LogP contribution >= 0.6 is 0 Å². The highest BCUT2D eigenvalue weighted by Crippen LogP contribution is 2.31. The molecule has 0 amide bonds. The number of benzene rings is 1. The van der Waals surface area contributed by atoms with Crippen molar-refractivity contribution in [1.82, 2.24) is 4.90 Å². The van der Waals surface area contributed by atoms with Crippen LogP contribution in [0.5, 0.6) is 0 Å². The van der Waals surface area contributed by atoms with Gasteiger partial charge in [-0.3, -0.25) is 0 Å². The summed E-state index contributed by atoms with van der Waals surface area (Å²) in [5.41, 5.74) is 7.81. The van der Waals surface area contributed by atoms with Crippen LogP contribution in [0.3, 0.4) is 0 Å². The highest BCUT2D eigenvalue weighted by atomic mass is 15.1. The van der Waals surface area contributed by atoms with Crippen LogP contribution in [-0.2, 0) is 13.0 Å². The number of nitrogens with zero attached hydrogens (tertiary/aromatic N) is 3. The molecule has 106 valence electrons. The van der Waals surface area contributed by atoms with Gasteiger partial charge in [-0.05, 0) is 55.3 Å². The lowest BCUT2D eigenvalue weighted by Gasteiger charge is -2.27. The minimum absolute atomic E-state index is 0.865. The van der Waals surface area contributed by atoms with Crippen LogP contribution in [0.25, 0.3) is 5.70 Å². The molecule has 0 radical (unpaired) electrons. The quantitative estimate of drug-likeness (QED) is 0.775. The second-order valence-electron chi connectivity index (χ2n) is 6.09. The van der Waals surface area contributed by atoms with E-state index in [4.69, 9.17) is 0 Å². The molecule has 3 nitrogen and oxygen atoms in total. The molecule has 21 heavy (non-hydrogen) atoms. The monoisotopic (exact) mass is 277 g/mol. The van der Waals surface area contributed by atoms with E-state index in [-0.39, 0.29) is 0 Å². The summed E-state index contributed by atoms with van der Waals surface area (Å²) in [4.78, 5) is 11.5. The lowest BCUT2D eigenvalue weighted by atomic mass is 9.92. The first-order chi connectivity index (χ1) is 10.2. The first-order valence-corrected chi connectivity index (χ1v) is 7.55. The molecule has 4 rings (SSSR count). The van der Waals surface area contributed by atoms with Gasteiger partial charge in [-0.15, -0.1) is 0 Å². The third-order valence-corrected chi connectivity index (χ3v) is 4.48. The zero-order valence-electron chi connectivity index (χ0n) is 12.6. The Balaban J connectivity index is 1.77. The number of hydrogen-bond donors (Lipinski definition) is 0. The van der Waals surface area contributed by atoms with Crippen molar-refractivity contribution in [3.63, 3.8) is 0 Å². The first kappa shape index (κ1) is 12.7. The predicted molar refractivity (Wildman–Crippen MR) is 87.8 cm³/mol. The van der Waals surface area contributed by atoms with Gasteiger partial charge in [-0.2, -0.15) is 0 Å². The van der Waals surface area contributed by atoms with E-state index in [1.807, 2.05) is 6.21 Å². The Morgan fingerprint density at radius 2 is 2.14 bits per heavy atom. The van der Waals surface area contributed by atoms with Crippen molar-refractivity contribution in [2.45, 2.75) is 26.3 Å². The summed E-state index contributed by atoms with van der Waals surface area (Å²) in [5.74, 6) is 0.865. The van der Waals surface area contributed by atoms with Crippen LogP contribution in [0, 0.1) is 6.92 Å². The van der Waals surface area contributed by atoms with Crippen molar-refractivity contribution >= 4 is 17.7 Å². The topological polar surface area (TPSA) is 28.0 Å². The summed E-state index contributed by atoms with van der Waals surface area (Å²) in [6.45, 7) is 4.41. The van der Waals surface area contributed by atoms with Crippen LogP contribution in [0.4, 0.5) is 0 Å². The summed E-state index contributed by atoms with van der Waals surface area (Å²) in [6, 6.07) is 4.59. The molecule has 0 unspecified atom stereocenters. The number of hydrogen-bond acceptors (Lipinski definition) is 3.